The number of anilines is 4. The lowest BCUT2D eigenvalue weighted by Crippen LogP contribution is -2.49. The highest BCUT2D eigenvalue weighted by molar-refractivity contribution is 7.89. The van der Waals surface area contributed by atoms with Crippen molar-refractivity contribution in [2.75, 3.05) is 47.5 Å². The van der Waals surface area contributed by atoms with Crippen LogP contribution in [0.25, 0.3) is 0 Å². The van der Waals surface area contributed by atoms with Crippen molar-refractivity contribution in [3.63, 3.8) is 0 Å². The molecule has 1 saturated carbocycles. The van der Waals surface area contributed by atoms with Crippen molar-refractivity contribution in [1.29, 1.82) is 0 Å². The van der Waals surface area contributed by atoms with E-state index in [1.165, 1.54) is 0 Å². The van der Waals surface area contributed by atoms with Gasteiger partial charge in [-0.05, 0) is 69.2 Å². The Morgan fingerprint density at radius 1 is 1.00 bits per heavy atom. The Morgan fingerprint density at radius 2 is 1.65 bits per heavy atom. The van der Waals surface area contributed by atoms with E-state index in [0.717, 1.165) is 41.2 Å². The Morgan fingerprint density at radius 3 is 2.23 bits per heavy atom. The van der Waals surface area contributed by atoms with Gasteiger partial charge in [-0.25, -0.2) is 8.42 Å². The lowest BCUT2D eigenvalue weighted by molar-refractivity contribution is 0.101. The van der Waals surface area contributed by atoms with Crippen molar-refractivity contribution in [3.8, 4) is 0 Å². The Balaban J connectivity index is 1.40. The Kier molecular flexibility index (Phi) is 6.20. The van der Waals surface area contributed by atoms with E-state index < -0.39 is 10.0 Å². The summed E-state index contributed by atoms with van der Waals surface area (Å²) in [6, 6.07) is 14.4. The molecule has 1 heterocycles. The van der Waals surface area contributed by atoms with E-state index in [9.17, 15) is 13.2 Å². The van der Waals surface area contributed by atoms with Crippen LogP contribution in [0.15, 0.2) is 42.5 Å². The maximum Gasteiger partial charge on any atom is 0.213 e. The average molecular weight is 443 g/mol. The summed E-state index contributed by atoms with van der Waals surface area (Å²) in [5.74, 6) is 0.212. The van der Waals surface area contributed by atoms with Crippen LogP contribution in [0.4, 0.5) is 22.7 Å². The number of carbonyl (C=O) groups is 1. The number of carbonyl (C=O) groups excluding carboxylic acids is 1. The first-order valence-electron chi connectivity index (χ1n) is 10.9. The standard InChI is InChI=1S/C23H30N4O3S/c1-3-31(29,30)27-14-12-26(13-15-27)21-9-6-18(7-10-21)24-20-8-11-22(17(2)28)23(16-20)25-19-4-5-19/h6-11,16,19,24-25H,3-5,12-15H2,1-2H3. The Labute approximate surface area is 184 Å². The second-order valence-corrected chi connectivity index (χ2v) is 10.5. The molecule has 2 aromatic carbocycles. The molecular formula is C23H30N4O3S. The number of piperazine rings is 1. The molecule has 0 bridgehead atoms. The number of rotatable bonds is 8. The largest absolute Gasteiger partial charge is 0.382 e. The van der Waals surface area contributed by atoms with Gasteiger partial charge in [0.05, 0.1) is 5.75 Å². The molecule has 31 heavy (non-hydrogen) atoms. The minimum atomic E-state index is -3.11. The molecule has 0 unspecified atom stereocenters. The zero-order valence-corrected chi connectivity index (χ0v) is 18.9. The van der Waals surface area contributed by atoms with Gasteiger partial charge in [-0.15, -0.1) is 0 Å². The van der Waals surface area contributed by atoms with Crippen LogP contribution in [-0.4, -0.2) is 56.5 Å². The van der Waals surface area contributed by atoms with Crippen molar-refractivity contribution in [2.24, 2.45) is 0 Å². The fraction of sp³-hybridized carbons (Fsp3) is 0.435. The molecule has 2 aliphatic rings. The summed E-state index contributed by atoms with van der Waals surface area (Å²) in [6.45, 7) is 5.71. The van der Waals surface area contributed by atoms with Gasteiger partial charge in [-0.2, -0.15) is 4.31 Å². The van der Waals surface area contributed by atoms with E-state index in [-0.39, 0.29) is 11.5 Å². The maximum atomic E-state index is 12.0. The summed E-state index contributed by atoms with van der Waals surface area (Å²) in [5, 5.41) is 6.86. The molecule has 2 fully saturated rings. The second-order valence-electron chi connectivity index (χ2n) is 8.19. The number of hydrogen-bond acceptors (Lipinski definition) is 6. The van der Waals surface area contributed by atoms with Gasteiger partial charge in [-0.1, -0.05) is 0 Å². The first-order valence-corrected chi connectivity index (χ1v) is 12.5. The van der Waals surface area contributed by atoms with Crippen LogP contribution >= 0.6 is 0 Å². The summed E-state index contributed by atoms with van der Waals surface area (Å²) in [4.78, 5) is 14.1. The Bertz CT molecular complexity index is 1040. The van der Waals surface area contributed by atoms with E-state index in [0.29, 0.717) is 32.2 Å². The number of Topliss-reactive ketones (excluding diaryl/α,β-unsaturated/α-hetero) is 1. The summed E-state index contributed by atoms with van der Waals surface area (Å²) >= 11 is 0. The lowest BCUT2D eigenvalue weighted by Gasteiger charge is -2.35. The van der Waals surface area contributed by atoms with Gasteiger partial charge in [0.1, 0.15) is 0 Å². The van der Waals surface area contributed by atoms with Crippen molar-refractivity contribution in [2.45, 2.75) is 32.7 Å². The lowest BCUT2D eigenvalue weighted by atomic mass is 10.1. The number of benzene rings is 2. The smallest absolute Gasteiger partial charge is 0.213 e. The van der Waals surface area contributed by atoms with Gasteiger partial charge >= 0.3 is 0 Å². The van der Waals surface area contributed by atoms with Crippen LogP contribution in [0.1, 0.15) is 37.0 Å². The maximum absolute atomic E-state index is 12.0. The summed E-state index contributed by atoms with van der Waals surface area (Å²) in [7, 11) is -3.11. The van der Waals surface area contributed by atoms with Crippen molar-refractivity contribution < 1.29 is 13.2 Å². The van der Waals surface area contributed by atoms with Crippen LogP contribution in [0.2, 0.25) is 0 Å². The molecule has 0 radical (unpaired) electrons. The molecule has 1 saturated heterocycles. The van der Waals surface area contributed by atoms with E-state index in [2.05, 4.69) is 27.7 Å². The SMILES string of the molecule is CCS(=O)(=O)N1CCN(c2ccc(Nc3ccc(C(C)=O)c(NC4CC4)c3)cc2)CC1. The van der Waals surface area contributed by atoms with E-state index in [1.54, 1.807) is 18.2 Å². The van der Waals surface area contributed by atoms with Crippen molar-refractivity contribution in [3.05, 3.63) is 48.0 Å². The van der Waals surface area contributed by atoms with Gasteiger partial charge in [0.25, 0.3) is 0 Å². The zero-order valence-electron chi connectivity index (χ0n) is 18.1. The predicted octanol–water partition coefficient (Wildman–Crippen LogP) is 3.68. The van der Waals surface area contributed by atoms with Crippen molar-refractivity contribution >= 4 is 38.6 Å². The third kappa shape index (κ3) is 5.19. The highest BCUT2D eigenvalue weighted by atomic mass is 32.2. The van der Waals surface area contributed by atoms with E-state index >= 15 is 0 Å². The monoisotopic (exact) mass is 442 g/mol. The molecule has 0 aromatic heterocycles. The van der Waals surface area contributed by atoms with Crippen LogP contribution < -0.4 is 15.5 Å². The molecule has 1 aliphatic heterocycles. The highest BCUT2D eigenvalue weighted by Gasteiger charge is 2.25. The van der Waals surface area contributed by atoms with Gasteiger partial charge in [0.2, 0.25) is 10.0 Å². The predicted molar refractivity (Wildman–Crippen MR) is 126 cm³/mol. The molecule has 4 rings (SSSR count). The molecule has 0 amide bonds. The van der Waals surface area contributed by atoms with Gasteiger partial charge in [-0.3, -0.25) is 4.79 Å². The molecule has 0 atom stereocenters. The van der Waals surface area contributed by atoms with E-state index in [1.807, 2.05) is 30.3 Å². The molecule has 1 aliphatic carbocycles. The number of nitrogens with zero attached hydrogens (tertiary/aromatic N) is 2. The minimum Gasteiger partial charge on any atom is -0.382 e. The molecule has 166 valence electrons. The first-order chi connectivity index (χ1) is 14.9. The minimum absolute atomic E-state index is 0.0610. The second kappa shape index (κ2) is 8.88. The summed E-state index contributed by atoms with van der Waals surface area (Å²) < 4.78 is 25.7. The van der Waals surface area contributed by atoms with Gasteiger partial charge in [0.15, 0.2) is 5.78 Å². The third-order valence-electron chi connectivity index (χ3n) is 5.85. The molecular weight excluding hydrogens is 412 g/mol. The highest BCUT2D eigenvalue weighted by Crippen LogP contribution is 2.30. The fourth-order valence-corrected chi connectivity index (χ4v) is 4.91. The van der Waals surface area contributed by atoms with Crippen molar-refractivity contribution in [1.82, 2.24) is 4.31 Å². The fourth-order valence-electron chi connectivity index (χ4n) is 3.83. The van der Waals surface area contributed by atoms with Gasteiger partial charge < -0.3 is 15.5 Å². The van der Waals surface area contributed by atoms with Gasteiger partial charge in [0, 0.05) is 60.5 Å². The third-order valence-corrected chi connectivity index (χ3v) is 7.74. The zero-order chi connectivity index (χ0) is 22.0. The molecule has 7 nitrogen and oxygen atoms in total. The topological polar surface area (TPSA) is 81.8 Å². The summed E-state index contributed by atoms with van der Waals surface area (Å²) in [5.41, 5.74) is 4.58. The van der Waals surface area contributed by atoms with Crippen LogP contribution in [0, 0.1) is 0 Å². The summed E-state index contributed by atoms with van der Waals surface area (Å²) in [6.07, 6.45) is 2.30. The van der Waals surface area contributed by atoms with Crippen LogP contribution in [-0.2, 0) is 10.0 Å². The molecule has 2 aromatic rings. The number of sulfonamides is 1. The average Bonchev–Trinajstić information content (AvgIpc) is 3.58. The Hall–Kier alpha value is -2.58. The van der Waals surface area contributed by atoms with Crippen LogP contribution in [0.5, 0.6) is 0 Å². The first kappa shape index (κ1) is 21.6. The molecule has 8 heteroatoms. The number of ketones is 1. The molecule has 2 N–H and O–H groups in total. The quantitative estimate of drug-likeness (QED) is 0.607. The number of nitrogens with one attached hydrogen (secondary N) is 2. The normalized spacial score (nSPS) is 17.4. The van der Waals surface area contributed by atoms with Crippen LogP contribution in [0.3, 0.4) is 0 Å². The molecule has 0 spiro atoms. The van der Waals surface area contributed by atoms with E-state index in [4.69, 9.17) is 0 Å². The number of hydrogen-bond donors (Lipinski definition) is 2.